The van der Waals surface area contributed by atoms with Gasteiger partial charge in [0.05, 0.1) is 66.2 Å². The van der Waals surface area contributed by atoms with Gasteiger partial charge >= 0.3 is 5.97 Å². The van der Waals surface area contributed by atoms with E-state index in [2.05, 4.69) is 0 Å². The van der Waals surface area contributed by atoms with Gasteiger partial charge in [-0.25, -0.2) is 0 Å². The highest BCUT2D eigenvalue weighted by molar-refractivity contribution is 5.75. The van der Waals surface area contributed by atoms with Gasteiger partial charge in [0.25, 0.3) is 0 Å². The molecule has 0 amide bonds. The average Bonchev–Trinajstić information content (AvgIpc) is 3.71. The molecular formula is C40H44O13. The number of carbonyl (C=O) groups excluding carboxylic acids is 1. The van der Waals surface area contributed by atoms with E-state index in [4.69, 9.17) is 28.4 Å². The molecule has 0 saturated carbocycles. The lowest BCUT2D eigenvalue weighted by molar-refractivity contribution is -0.141. The fourth-order valence-electron chi connectivity index (χ4n) is 7.43. The molecule has 1 fully saturated rings. The van der Waals surface area contributed by atoms with Crippen LogP contribution in [-0.2, 0) is 22.4 Å². The van der Waals surface area contributed by atoms with Gasteiger partial charge in [0.1, 0.15) is 6.10 Å². The summed E-state index contributed by atoms with van der Waals surface area (Å²) in [4.78, 5) is 13.2. The van der Waals surface area contributed by atoms with Crippen LogP contribution in [0.15, 0.2) is 60.7 Å². The Bertz CT molecular complexity index is 1960. The third kappa shape index (κ3) is 7.19. The third-order valence-corrected chi connectivity index (χ3v) is 10.3. The fraction of sp³-hybridized carbons (Fsp3) is 0.375. The van der Waals surface area contributed by atoms with Crippen molar-refractivity contribution in [2.24, 2.45) is 11.8 Å². The molecule has 2 aliphatic rings. The second-order valence-electron chi connectivity index (χ2n) is 13.3. The van der Waals surface area contributed by atoms with E-state index >= 15 is 0 Å². The first-order chi connectivity index (χ1) is 25.5. The molecule has 6 atom stereocenters. The molecule has 4 aromatic carbocycles. The number of hydrogen-bond donors (Lipinski definition) is 6. The number of rotatable bonds is 14. The second kappa shape index (κ2) is 15.7. The van der Waals surface area contributed by atoms with Crippen LogP contribution in [0.4, 0.5) is 0 Å². The molecule has 13 nitrogen and oxygen atoms in total. The molecule has 0 radical (unpaired) electrons. The van der Waals surface area contributed by atoms with Crippen LogP contribution >= 0.6 is 0 Å². The molecule has 0 bridgehead atoms. The van der Waals surface area contributed by atoms with Crippen molar-refractivity contribution in [1.29, 1.82) is 0 Å². The van der Waals surface area contributed by atoms with Gasteiger partial charge in [-0.05, 0) is 71.5 Å². The minimum Gasteiger partial charge on any atom is -0.504 e. The highest BCUT2D eigenvalue weighted by Gasteiger charge is 2.41. The number of hydrogen-bond acceptors (Lipinski definition) is 13. The van der Waals surface area contributed by atoms with Crippen LogP contribution in [0.5, 0.6) is 46.0 Å². The fourth-order valence-corrected chi connectivity index (χ4v) is 7.43. The molecule has 6 N–H and O–H groups in total. The number of benzene rings is 4. The number of aliphatic hydroxyl groups is 3. The molecule has 53 heavy (non-hydrogen) atoms. The van der Waals surface area contributed by atoms with E-state index in [1.807, 2.05) is 12.1 Å². The number of methoxy groups -OCH3 is 4. The highest BCUT2D eigenvalue weighted by atomic mass is 16.5. The predicted octanol–water partition coefficient (Wildman–Crippen LogP) is 4.43. The first-order valence-electron chi connectivity index (χ1n) is 17.1. The minimum atomic E-state index is -1.29. The second-order valence-corrected chi connectivity index (χ2v) is 13.3. The van der Waals surface area contributed by atoms with E-state index in [1.54, 1.807) is 24.3 Å². The first-order valence-corrected chi connectivity index (χ1v) is 17.1. The molecule has 13 heteroatoms. The van der Waals surface area contributed by atoms with Gasteiger partial charge < -0.3 is 59.1 Å². The summed E-state index contributed by atoms with van der Waals surface area (Å²) in [5, 5.41) is 63.6. The van der Waals surface area contributed by atoms with Crippen molar-refractivity contribution in [2.45, 2.75) is 36.9 Å². The molecule has 0 spiro atoms. The Morgan fingerprint density at radius 1 is 0.755 bits per heavy atom. The van der Waals surface area contributed by atoms with Gasteiger partial charge in [0.15, 0.2) is 46.0 Å². The molecular weight excluding hydrogens is 688 g/mol. The van der Waals surface area contributed by atoms with Gasteiger partial charge in [-0.1, -0.05) is 24.3 Å². The van der Waals surface area contributed by atoms with Crippen LogP contribution in [0.2, 0.25) is 0 Å². The molecule has 0 aliphatic carbocycles. The van der Waals surface area contributed by atoms with E-state index in [0.717, 1.165) is 11.1 Å². The zero-order chi connectivity index (χ0) is 38.0. The number of fused-ring (bicyclic) bond motifs is 1. The zero-order valence-corrected chi connectivity index (χ0v) is 29.8. The topological polar surface area (TPSA) is 194 Å². The number of phenols is 3. The number of phenolic OH excluding ortho intramolecular Hbond substituents is 3. The Labute approximate surface area is 306 Å². The minimum absolute atomic E-state index is 0.0203. The van der Waals surface area contributed by atoms with Gasteiger partial charge in [-0.2, -0.15) is 0 Å². The van der Waals surface area contributed by atoms with E-state index in [0.29, 0.717) is 41.0 Å². The molecule has 0 unspecified atom stereocenters. The van der Waals surface area contributed by atoms with Crippen molar-refractivity contribution < 1.29 is 63.9 Å². The number of aromatic hydroxyl groups is 3. The van der Waals surface area contributed by atoms with Crippen molar-refractivity contribution in [1.82, 2.24) is 0 Å². The monoisotopic (exact) mass is 732 g/mol. The maximum Gasteiger partial charge on any atom is 0.309 e. The maximum absolute atomic E-state index is 13.2. The van der Waals surface area contributed by atoms with Gasteiger partial charge in [-0.15, -0.1) is 0 Å². The van der Waals surface area contributed by atoms with E-state index in [1.165, 1.54) is 52.7 Å². The largest absolute Gasteiger partial charge is 0.504 e. The standard InChI is InChI=1S/C40H44O13/c1-48-32-15-22(5-7-30(32)43)36(45)28(17-41)26-11-20(13-34(50-3)37(26)46)9-24-19-52-40(47)25(24)10-21-12-27-29(18-42)38(53-39(27)35(14-21)51-4)23-6-8-31(44)33(16-23)49-2/h5-8,11-16,24-25,28-29,36,38,41-46H,9-10,17-19H2,1-4H3/t24-,25-,28-,29-,36-,38+/m1/s1. The van der Waals surface area contributed by atoms with Crippen molar-refractivity contribution in [3.63, 3.8) is 0 Å². The summed E-state index contributed by atoms with van der Waals surface area (Å²) in [5.41, 5.74) is 3.46. The Hall–Kier alpha value is -5.37. The summed E-state index contributed by atoms with van der Waals surface area (Å²) in [5.74, 6) is -1.57. The Morgan fingerprint density at radius 3 is 2.06 bits per heavy atom. The van der Waals surface area contributed by atoms with E-state index < -0.39 is 36.6 Å². The number of aliphatic hydroxyl groups excluding tert-OH is 3. The molecule has 1 saturated heterocycles. The summed E-state index contributed by atoms with van der Waals surface area (Å²) in [7, 11) is 5.75. The summed E-state index contributed by atoms with van der Waals surface area (Å²) < 4.78 is 33.6. The Kier molecular flexibility index (Phi) is 11.1. The summed E-state index contributed by atoms with van der Waals surface area (Å²) in [6.45, 7) is -0.620. The van der Waals surface area contributed by atoms with Crippen LogP contribution in [0.1, 0.15) is 57.4 Å². The third-order valence-electron chi connectivity index (χ3n) is 10.3. The number of ether oxygens (including phenoxy) is 6. The van der Waals surface area contributed by atoms with Gasteiger partial charge in [0.2, 0.25) is 0 Å². The van der Waals surface area contributed by atoms with E-state index in [9.17, 15) is 35.4 Å². The van der Waals surface area contributed by atoms with Gasteiger partial charge in [0, 0.05) is 23.0 Å². The van der Waals surface area contributed by atoms with E-state index in [-0.39, 0.29) is 65.2 Å². The normalized spacial score (nSPS) is 20.2. The molecule has 6 rings (SSSR count). The average molecular weight is 733 g/mol. The molecule has 0 aromatic heterocycles. The van der Waals surface area contributed by atoms with Crippen LogP contribution in [-0.4, -0.2) is 84.9 Å². The number of esters is 1. The predicted molar refractivity (Wildman–Crippen MR) is 190 cm³/mol. The SMILES string of the molecule is COc1cc([C@@H](O)[C@H](CO)c2cc(C[C@@H]3COC(=O)[C@@H]3Cc3cc(OC)c4c(c3)[C@@H](CO)[C@H](c3ccc(O)c(OC)c3)O4)cc(OC)c2O)ccc1O. The molecule has 282 valence electrons. The van der Waals surface area contributed by atoms with Crippen LogP contribution in [0.25, 0.3) is 0 Å². The Morgan fingerprint density at radius 2 is 1.40 bits per heavy atom. The lowest BCUT2D eigenvalue weighted by Gasteiger charge is -2.25. The lowest BCUT2D eigenvalue weighted by Crippen LogP contribution is -2.21. The molecule has 4 aromatic rings. The number of carbonyl (C=O) groups is 1. The summed E-state index contributed by atoms with van der Waals surface area (Å²) in [6.07, 6.45) is -1.24. The van der Waals surface area contributed by atoms with Crippen LogP contribution < -0.4 is 23.7 Å². The van der Waals surface area contributed by atoms with Gasteiger partial charge in [-0.3, -0.25) is 4.79 Å². The van der Waals surface area contributed by atoms with Crippen LogP contribution in [0.3, 0.4) is 0 Å². The van der Waals surface area contributed by atoms with Crippen molar-refractivity contribution in [2.75, 3.05) is 48.3 Å². The molecule has 2 aliphatic heterocycles. The zero-order valence-electron chi connectivity index (χ0n) is 29.8. The van der Waals surface area contributed by atoms with Crippen molar-refractivity contribution >= 4 is 5.97 Å². The number of cyclic esters (lactones) is 1. The smallest absolute Gasteiger partial charge is 0.309 e. The summed E-state index contributed by atoms with van der Waals surface area (Å²) in [6, 6.07) is 16.3. The summed E-state index contributed by atoms with van der Waals surface area (Å²) >= 11 is 0. The quantitative estimate of drug-likeness (QED) is 0.0999. The molecule has 2 heterocycles. The Balaban J connectivity index is 1.27. The maximum atomic E-state index is 13.2. The van der Waals surface area contributed by atoms with Crippen molar-refractivity contribution in [3.05, 3.63) is 94.0 Å². The highest BCUT2D eigenvalue weighted by Crippen LogP contribution is 2.52. The first kappa shape index (κ1) is 37.4. The van der Waals surface area contributed by atoms with Crippen molar-refractivity contribution in [3.8, 4) is 46.0 Å². The lowest BCUT2D eigenvalue weighted by atomic mass is 9.82. The van der Waals surface area contributed by atoms with Crippen LogP contribution in [0, 0.1) is 11.8 Å².